The lowest BCUT2D eigenvalue weighted by Crippen LogP contribution is -2.16. The van der Waals surface area contributed by atoms with Gasteiger partial charge in [0, 0.05) is 5.56 Å². The van der Waals surface area contributed by atoms with Crippen LogP contribution in [0.5, 0.6) is 5.75 Å². The fourth-order valence-electron chi connectivity index (χ4n) is 1.12. The van der Waals surface area contributed by atoms with Crippen molar-refractivity contribution in [2.24, 2.45) is 0 Å². The molecule has 15 heavy (non-hydrogen) atoms. The second-order valence-corrected chi connectivity index (χ2v) is 3.31. The Labute approximate surface area is 92.3 Å². The molecule has 1 aromatic rings. The minimum atomic E-state index is -1.49. The minimum absolute atomic E-state index is 0.246. The Morgan fingerprint density at radius 3 is 2.60 bits per heavy atom. The lowest BCUT2D eigenvalue weighted by atomic mass is 10.1. The van der Waals surface area contributed by atoms with Crippen LogP contribution in [0.1, 0.15) is 11.7 Å². The lowest BCUT2D eigenvalue weighted by molar-refractivity contribution is 0.0528. The van der Waals surface area contributed by atoms with Gasteiger partial charge in [-0.25, -0.2) is 0 Å². The summed E-state index contributed by atoms with van der Waals surface area (Å²) in [6, 6.07) is 6.14. The first-order valence-corrected chi connectivity index (χ1v) is 4.57. The van der Waals surface area contributed by atoms with Crippen LogP contribution in [0.15, 0.2) is 18.2 Å². The van der Waals surface area contributed by atoms with Crippen molar-refractivity contribution in [2.45, 2.75) is 12.2 Å². The van der Waals surface area contributed by atoms with E-state index in [1.54, 1.807) is 6.07 Å². The van der Waals surface area contributed by atoms with E-state index >= 15 is 0 Å². The summed E-state index contributed by atoms with van der Waals surface area (Å²) < 4.78 is 4.92. The number of nitrogens with zero attached hydrogens (tertiary/aromatic N) is 1. The molecular weight excluding hydrogens is 218 g/mol. The number of aliphatic hydroxyl groups excluding tert-OH is 2. The molecule has 0 heterocycles. The highest BCUT2D eigenvalue weighted by Crippen LogP contribution is 2.28. The number of hydrogen-bond acceptors (Lipinski definition) is 4. The second-order valence-electron chi connectivity index (χ2n) is 2.91. The summed E-state index contributed by atoms with van der Waals surface area (Å²) in [6.45, 7) is 0. The van der Waals surface area contributed by atoms with Gasteiger partial charge in [0.15, 0.2) is 6.10 Å². The van der Waals surface area contributed by atoms with Crippen LogP contribution in [-0.4, -0.2) is 23.4 Å². The van der Waals surface area contributed by atoms with Gasteiger partial charge < -0.3 is 14.9 Å². The highest BCUT2D eigenvalue weighted by molar-refractivity contribution is 6.31. The van der Waals surface area contributed by atoms with Gasteiger partial charge in [0.2, 0.25) is 0 Å². The molecule has 0 aliphatic heterocycles. The normalized spacial score (nSPS) is 14.1. The molecule has 0 aliphatic rings. The van der Waals surface area contributed by atoms with E-state index in [0.717, 1.165) is 0 Å². The predicted octanol–water partition coefficient (Wildman–Crippen LogP) is 1.27. The lowest BCUT2D eigenvalue weighted by Gasteiger charge is -2.14. The Bertz CT molecular complexity index is 389. The van der Waals surface area contributed by atoms with Crippen molar-refractivity contribution >= 4 is 11.6 Å². The summed E-state index contributed by atoms with van der Waals surface area (Å²) in [5.41, 5.74) is 0.298. The van der Waals surface area contributed by atoms with Crippen LogP contribution >= 0.6 is 11.6 Å². The zero-order valence-corrected chi connectivity index (χ0v) is 8.77. The maximum absolute atomic E-state index is 9.54. The third-order valence-electron chi connectivity index (χ3n) is 1.96. The number of rotatable bonds is 3. The summed E-state index contributed by atoms with van der Waals surface area (Å²) >= 11 is 5.84. The average Bonchev–Trinajstić information content (AvgIpc) is 2.26. The van der Waals surface area contributed by atoms with E-state index in [1.807, 2.05) is 0 Å². The number of aliphatic hydroxyl groups is 2. The van der Waals surface area contributed by atoms with Crippen molar-refractivity contribution in [2.75, 3.05) is 7.11 Å². The number of nitriles is 1. The van der Waals surface area contributed by atoms with Crippen molar-refractivity contribution in [1.82, 2.24) is 0 Å². The summed E-state index contributed by atoms with van der Waals surface area (Å²) in [5.74, 6) is 0.544. The van der Waals surface area contributed by atoms with Gasteiger partial charge >= 0.3 is 0 Å². The SMILES string of the molecule is COc1ccc(C(O)C(O)C#N)c(Cl)c1. The molecular formula is C10H10ClNO3. The maximum Gasteiger partial charge on any atom is 0.170 e. The fourth-order valence-corrected chi connectivity index (χ4v) is 1.40. The molecule has 2 unspecified atom stereocenters. The number of benzene rings is 1. The molecule has 1 rings (SSSR count). The smallest absolute Gasteiger partial charge is 0.170 e. The van der Waals surface area contributed by atoms with Crippen molar-refractivity contribution in [1.29, 1.82) is 5.26 Å². The van der Waals surface area contributed by atoms with Crippen molar-refractivity contribution in [3.63, 3.8) is 0 Å². The summed E-state index contributed by atoms with van der Waals surface area (Å²) in [6.07, 6.45) is -2.80. The monoisotopic (exact) mass is 227 g/mol. The maximum atomic E-state index is 9.54. The van der Waals surface area contributed by atoms with Gasteiger partial charge in [0.1, 0.15) is 11.9 Å². The van der Waals surface area contributed by atoms with Gasteiger partial charge in [0.05, 0.1) is 18.2 Å². The molecule has 0 spiro atoms. The van der Waals surface area contributed by atoms with Gasteiger partial charge in [-0.2, -0.15) is 5.26 Å². The molecule has 2 atom stereocenters. The van der Waals surface area contributed by atoms with E-state index in [-0.39, 0.29) is 5.02 Å². The summed E-state index contributed by atoms with van der Waals surface area (Å²) in [5, 5.41) is 27.3. The van der Waals surface area contributed by atoms with Crippen LogP contribution in [0, 0.1) is 11.3 Å². The first kappa shape index (κ1) is 11.8. The zero-order valence-electron chi connectivity index (χ0n) is 8.01. The molecule has 5 heteroatoms. The van der Waals surface area contributed by atoms with E-state index in [1.165, 1.54) is 25.3 Å². The van der Waals surface area contributed by atoms with Crippen LogP contribution in [0.3, 0.4) is 0 Å². The molecule has 0 saturated carbocycles. The number of methoxy groups -OCH3 is 1. The second kappa shape index (κ2) is 4.99. The van der Waals surface area contributed by atoms with Gasteiger partial charge in [-0.3, -0.25) is 0 Å². The molecule has 0 aromatic heterocycles. The number of ether oxygens (including phenoxy) is 1. The standard InChI is InChI=1S/C10H10ClNO3/c1-15-6-2-3-7(8(11)4-6)10(14)9(13)5-12/h2-4,9-10,13-14H,1H3. The van der Waals surface area contributed by atoms with Gasteiger partial charge in [-0.1, -0.05) is 17.7 Å². The Morgan fingerprint density at radius 1 is 1.47 bits per heavy atom. The van der Waals surface area contributed by atoms with Crippen LogP contribution in [0.2, 0.25) is 5.02 Å². The highest BCUT2D eigenvalue weighted by Gasteiger charge is 2.20. The van der Waals surface area contributed by atoms with Crippen LogP contribution < -0.4 is 4.74 Å². The van der Waals surface area contributed by atoms with Crippen molar-refractivity contribution in [3.8, 4) is 11.8 Å². The molecule has 0 radical (unpaired) electrons. The van der Waals surface area contributed by atoms with Gasteiger partial charge in [-0.15, -0.1) is 0 Å². The van der Waals surface area contributed by atoms with E-state index in [0.29, 0.717) is 11.3 Å². The molecule has 1 aromatic carbocycles. The molecule has 0 saturated heterocycles. The Morgan fingerprint density at radius 2 is 2.13 bits per heavy atom. The van der Waals surface area contributed by atoms with E-state index in [4.69, 9.17) is 26.7 Å². The highest BCUT2D eigenvalue weighted by atomic mass is 35.5. The molecule has 0 bridgehead atoms. The zero-order chi connectivity index (χ0) is 11.4. The van der Waals surface area contributed by atoms with Crippen LogP contribution in [-0.2, 0) is 0 Å². The molecule has 4 nitrogen and oxygen atoms in total. The first-order chi connectivity index (χ1) is 7.10. The van der Waals surface area contributed by atoms with E-state index in [9.17, 15) is 5.11 Å². The summed E-state index contributed by atoms with van der Waals surface area (Å²) in [7, 11) is 1.49. The topological polar surface area (TPSA) is 73.5 Å². The van der Waals surface area contributed by atoms with Crippen molar-refractivity contribution < 1.29 is 14.9 Å². The van der Waals surface area contributed by atoms with E-state index < -0.39 is 12.2 Å². The molecule has 0 aliphatic carbocycles. The molecule has 0 fully saturated rings. The Balaban J connectivity index is 3.01. The third kappa shape index (κ3) is 2.60. The molecule has 2 N–H and O–H groups in total. The van der Waals surface area contributed by atoms with Crippen molar-refractivity contribution in [3.05, 3.63) is 28.8 Å². The van der Waals surface area contributed by atoms with Gasteiger partial charge in [-0.05, 0) is 12.1 Å². The number of halogens is 1. The fraction of sp³-hybridized carbons (Fsp3) is 0.300. The molecule has 80 valence electrons. The van der Waals surface area contributed by atoms with Crippen LogP contribution in [0.4, 0.5) is 0 Å². The minimum Gasteiger partial charge on any atom is -0.497 e. The number of hydrogen-bond donors (Lipinski definition) is 2. The third-order valence-corrected chi connectivity index (χ3v) is 2.28. The largest absolute Gasteiger partial charge is 0.497 e. The Kier molecular flexibility index (Phi) is 3.92. The predicted molar refractivity (Wildman–Crippen MR) is 54.6 cm³/mol. The summed E-state index contributed by atoms with van der Waals surface area (Å²) in [4.78, 5) is 0. The molecule has 0 amide bonds. The first-order valence-electron chi connectivity index (χ1n) is 4.19. The van der Waals surface area contributed by atoms with Crippen LogP contribution in [0.25, 0.3) is 0 Å². The quantitative estimate of drug-likeness (QED) is 0.763. The Hall–Kier alpha value is -1.28. The average molecular weight is 228 g/mol. The van der Waals surface area contributed by atoms with Gasteiger partial charge in [0.25, 0.3) is 0 Å². The van der Waals surface area contributed by atoms with E-state index in [2.05, 4.69) is 0 Å².